The van der Waals surface area contributed by atoms with Crippen molar-refractivity contribution in [3.8, 4) is 11.6 Å². The van der Waals surface area contributed by atoms with E-state index in [0.29, 0.717) is 30.4 Å². The van der Waals surface area contributed by atoms with E-state index in [-0.39, 0.29) is 6.10 Å². The third-order valence-electron chi connectivity index (χ3n) is 2.61. The smallest absolute Gasteiger partial charge is 0.339 e. The molecular weight excluding hydrogens is 238 g/mol. The molecule has 98 valence electrons. The van der Waals surface area contributed by atoms with Gasteiger partial charge in [0.1, 0.15) is 6.10 Å². The molecular formula is C12H15NO5. The van der Waals surface area contributed by atoms with Crippen molar-refractivity contribution in [2.45, 2.75) is 12.5 Å². The molecule has 0 spiro atoms. The van der Waals surface area contributed by atoms with Crippen LogP contribution in [-0.2, 0) is 9.47 Å². The summed E-state index contributed by atoms with van der Waals surface area (Å²) in [6, 6.07) is 1.57. The number of hydrogen-bond donors (Lipinski definition) is 0. The van der Waals surface area contributed by atoms with Crippen LogP contribution in [0.25, 0.3) is 0 Å². The molecule has 1 unspecified atom stereocenters. The summed E-state index contributed by atoms with van der Waals surface area (Å²) in [7, 11) is 2.82. The van der Waals surface area contributed by atoms with Gasteiger partial charge in [0.2, 0.25) is 0 Å². The van der Waals surface area contributed by atoms with E-state index in [4.69, 9.17) is 14.2 Å². The van der Waals surface area contributed by atoms with Gasteiger partial charge in [-0.2, -0.15) is 0 Å². The SMILES string of the molecule is COC(=O)c1cnc(OC)c(OC2CCOC2)c1. The van der Waals surface area contributed by atoms with Crippen molar-refractivity contribution >= 4 is 5.97 Å². The minimum Gasteiger partial charge on any atom is -0.482 e. The zero-order valence-electron chi connectivity index (χ0n) is 10.3. The monoisotopic (exact) mass is 253 g/mol. The Morgan fingerprint density at radius 1 is 1.50 bits per heavy atom. The third kappa shape index (κ3) is 2.70. The summed E-state index contributed by atoms with van der Waals surface area (Å²) in [6.07, 6.45) is 2.17. The lowest BCUT2D eigenvalue weighted by molar-refractivity contribution is 0.0599. The van der Waals surface area contributed by atoms with Crippen molar-refractivity contribution in [1.29, 1.82) is 0 Å². The molecule has 0 aromatic carbocycles. The van der Waals surface area contributed by atoms with Crippen LogP contribution in [-0.4, -0.2) is 44.5 Å². The molecule has 1 aliphatic heterocycles. The average molecular weight is 253 g/mol. The number of ether oxygens (including phenoxy) is 4. The molecule has 0 saturated carbocycles. The number of methoxy groups -OCH3 is 2. The number of hydrogen-bond acceptors (Lipinski definition) is 6. The average Bonchev–Trinajstić information content (AvgIpc) is 2.90. The molecule has 0 radical (unpaired) electrons. The molecule has 1 aromatic rings. The Morgan fingerprint density at radius 3 is 2.94 bits per heavy atom. The van der Waals surface area contributed by atoms with Gasteiger partial charge in [0, 0.05) is 18.7 Å². The molecule has 1 saturated heterocycles. The summed E-state index contributed by atoms with van der Waals surface area (Å²) < 4.78 is 20.7. The number of carbonyl (C=O) groups excluding carboxylic acids is 1. The Balaban J connectivity index is 2.21. The first kappa shape index (κ1) is 12.6. The van der Waals surface area contributed by atoms with Crippen LogP contribution in [0.1, 0.15) is 16.8 Å². The maximum Gasteiger partial charge on any atom is 0.339 e. The van der Waals surface area contributed by atoms with Crippen molar-refractivity contribution in [3.05, 3.63) is 17.8 Å². The lowest BCUT2D eigenvalue weighted by Crippen LogP contribution is -2.17. The summed E-state index contributed by atoms with van der Waals surface area (Å²) in [4.78, 5) is 15.4. The summed E-state index contributed by atoms with van der Waals surface area (Å²) >= 11 is 0. The number of aromatic nitrogens is 1. The van der Waals surface area contributed by atoms with Gasteiger partial charge in [0.15, 0.2) is 5.75 Å². The molecule has 0 aliphatic carbocycles. The lowest BCUT2D eigenvalue weighted by Gasteiger charge is -2.14. The molecule has 6 nitrogen and oxygen atoms in total. The van der Waals surface area contributed by atoms with Crippen LogP contribution < -0.4 is 9.47 Å². The summed E-state index contributed by atoms with van der Waals surface area (Å²) in [5, 5.41) is 0. The van der Waals surface area contributed by atoms with E-state index in [9.17, 15) is 4.79 Å². The number of rotatable bonds is 4. The Morgan fingerprint density at radius 2 is 2.33 bits per heavy atom. The number of pyridine rings is 1. The minimum atomic E-state index is -0.460. The highest BCUT2D eigenvalue weighted by Gasteiger charge is 2.21. The third-order valence-corrected chi connectivity index (χ3v) is 2.61. The molecule has 0 bridgehead atoms. The molecule has 1 aromatic heterocycles. The zero-order valence-corrected chi connectivity index (χ0v) is 10.3. The van der Waals surface area contributed by atoms with E-state index in [1.54, 1.807) is 6.07 Å². The van der Waals surface area contributed by atoms with Gasteiger partial charge >= 0.3 is 5.97 Å². The molecule has 18 heavy (non-hydrogen) atoms. The predicted molar refractivity (Wildman–Crippen MR) is 62.0 cm³/mol. The molecule has 1 fully saturated rings. The molecule has 2 rings (SSSR count). The van der Waals surface area contributed by atoms with E-state index < -0.39 is 5.97 Å². The van der Waals surface area contributed by atoms with Crippen molar-refractivity contribution in [2.75, 3.05) is 27.4 Å². The van der Waals surface area contributed by atoms with Crippen LogP contribution in [0.3, 0.4) is 0 Å². The van der Waals surface area contributed by atoms with E-state index >= 15 is 0 Å². The molecule has 1 atom stereocenters. The molecule has 6 heteroatoms. The first-order chi connectivity index (χ1) is 8.74. The van der Waals surface area contributed by atoms with Gasteiger partial charge in [-0.1, -0.05) is 0 Å². The first-order valence-corrected chi connectivity index (χ1v) is 5.61. The van der Waals surface area contributed by atoms with Gasteiger partial charge in [-0.15, -0.1) is 0 Å². The van der Waals surface area contributed by atoms with E-state index in [1.165, 1.54) is 20.4 Å². The normalized spacial score (nSPS) is 18.4. The topological polar surface area (TPSA) is 66.9 Å². The second kappa shape index (κ2) is 5.68. The number of carbonyl (C=O) groups is 1. The molecule has 0 amide bonds. The standard InChI is InChI=1S/C12H15NO5/c1-15-11-10(18-9-3-4-17-7-9)5-8(6-13-11)12(14)16-2/h5-6,9H,3-4,7H2,1-2H3. The van der Waals surface area contributed by atoms with Crippen LogP contribution >= 0.6 is 0 Å². The molecule has 2 heterocycles. The Labute approximate surface area is 105 Å². The highest BCUT2D eigenvalue weighted by molar-refractivity contribution is 5.89. The summed E-state index contributed by atoms with van der Waals surface area (Å²) in [5.74, 6) is 0.308. The van der Waals surface area contributed by atoms with Crippen molar-refractivity contribution in [3.63, 3.8) is 0 Å². The highest BCUT2D eigenvalue weighted by atomic mass is 16.6. The van der Waals surface area contributed by atoms with Crippen LogP contribution in [0.2, 0.25) is 0 Å². The Kier molecular flexibility index (Phi) is 3.99. The van der Waals surface area contributed by atoms with Gasteiger partial charge in [-0.3, -0.25) is 0 Å². The van der Waals surface area contributed by atoms with Crippen LogP contribution in [0, 0.1) is 0 Å². The second-order valence-corrected chi connectivity index (χ2v) is 3.83. The quantitative estimate of drug-likeness (QED) is 0.747. The number of nitrogens with zero attached hydrogens (tertiary/aromatic N) is 1. The first-order valence-electron chi connectivity index (χ1n) is 5.61. The second-order valence-electron chi connectivity index (χ2n) is 3.83. The van der Waals surface area contributed by atoms with E-state index in [0.717, 1.165) is 6.42 Å². The van der Waals surface area contributed by atoms with Crippen molar-refractivity contribution in [1.82, 2.24) is 4.98 Å². The van der Waals surface area contributed by atoms with Crippen molar-refractivity contribution in [2.24, 2.45) is 0 Å². The largest absolute Gasteiger partial charge is 0.482 e. The van der Waals surface area contributed by atoms with Crippen molar-refractivity contribution < 1.29 is 23.7 Å². The molecule has 0 N–H and O–H groups in total. The maximum atomic E-state index is 11.4. The highest BCUT2D eigenvalue weighted by Crippen LogP contribution is 2.27. The fourth-order valence-corrected chi connectivity index (χ4v) is 1.68. The Bertz CT molecular complexity index is 428. The van der Waals surface area contributed by atoms with Crippen LogP contribution in [0.4, 0.5) is 0 Å². The maximum absolute atomic E-state index is 11.4. The van der Waals surface area contributed by atoms with Gasteiger partial charge in [-0.25, -0.2) is 9.78 Å². The van der Waals surface area contributed by atoms with E-state index in [2.05, 4.69) is 9.72 Å². The predicted octanol–water partition coefficient (Wildman–Crippen LogP) is 1.04. The van der Waals surface area contributed by atoms with E-state index in [1.807, 2.05) is 0 Å². The zero-order chi connectivity index (χ0) is 13.0. The van der Waals surface area contributed by atoms with Gasteiger partial charge in [0.25, 0.3) is 5.88 Å². The van der Waals surface area contributed by atoms with Gasteiger partial charge < -0.3 is 18.9 Å². The fraction of sp³-hybridized carbons (Fsp3) is 0.500. The Hall–Kier alpha value is -1.82. The minimum absolute atomic E-state index is 0.0337. The van der Waals surface area contributed by atoms with Gasteiger partial charge in [0.05, 0.1) is 33.0 Å². The summed E-state index contributed by atoms with van der Waals surface area (Å²) in [5.41, 5.74) is 0.326. The lowest BCUT2D eigenvalue weighted by atomic mass is 10.2. The number of esters is 1. The van der Waals surface area contributed by atoms with Gasteiger partial charge in [-0.05, 0) is 0 Å². The summed E-state index contributed by atoms with van der Waals surface area (Å²) in [6.45, 7) is 1.21. The van der Waals surface area contributed by atoms with Crippen LogP contribution in [0.5, 0.6) is 11.6 Å². The van der Waals surface area contributed by atoms with Crippen LogP contribution in [0.15, 0.2) is 12.3 Å². The fourth-order valence-electron chi connectivity index (χ4n) is 1.68. The molecule has 1 aliphatic rings.